The van der Waals surface area contributed by atoms with Crippen LogP contribution in [-0.4, -0.2) is 13.2 Å². The highest BCUT2D eigenvalue weighted by Crippen LogP contribution is 2.34. The molecule has 0 saturated carbocycles. The topological polar surface area (TPSA) is 21.3 Å². The van der Waals surface area contributed by atoms with Crippen LogP contribution in [0.4, 0.5) is 0 Å². The Balaban J connectivity index is 2.65. The molecule has 1 aromatic carbocycles. The quantitative estimate of drug-likeness (QED) is 0.575. The van der Waals surface area contributed by atoms with E-state index in [1.165, 1.54) is 11.1 Å². The van der Waals surface area contributed by atoms with E-state index in [1.54, 1.807) is 0 Å². The van der Waals surface area contributed by atoms with Gasteiger partial charge in [0.2, 0.25) is 0 Å². The van der Waals surface area contributed by atoms with Crippen molar-refractivity contribution in [2.24, 2.45) is 0 Å². The summed E-state index contributed by atoms with van der Waals surface area (Å²) in [5.41, 5.74) is 2.55. The molecule has 0 aliphatic heterocycles. The van der Waals surface area contributed by atoms with Gasteiger partial charge < -0.3 is 10.1 Å². The molecule has 0 fully saturated rings. The molecule has 0 unspecified atom stereocenters. The van der Waals surface area contributed by atoms with Crippen molar-refractivity contribution >= 4 is 31.9 Å². The molecule has 0 aliphatic rings. The largest absolute Gasteiger partial charge is 0.492 e. The first kappa shape index (κ1) is 15.7. The lowest BCUT2D eigenvalue weighted by atomic mass is 10.2. The molecule has 0 saturated heterocycles. The van der Waals surface area contributed by atoms with E-state index in [0.29, 0.717) is 6.61 Å². The molecule has 0 radical (unpaired) electrons. The second-order valence-electron chi connectivity index (χ2n) is 4.23. The van der Waals surface area contributed by atoms with Crippen LogP contribution in [0, 0.1) is 0 Å². The Bertz CT molecular complexity index is 403. The van der Waals surface area contributed by atoms with Gasteiger partial charge in [0, 0.05) is 13.1 Å². The number of rotatable bonds is 6. The molecular formula is C14H19Br2NO. The fourth-order valence-corrected chi connectivity index (χ4v) is 3.00. The van der Waals surface area contributed by atoms with Crippen molar-refractivity contribution in [3.63, 3.8) is 0 Å². The van der Waals surface area contributed by atoms with Crippen molar-refractivity contribution in [3.05, 3.63) is 38.3 Å². The normalized spacial score (nSPS) is 10.3. The van der Waals surface area contributed by atoms with E-state index in [4.69, 9.17) is 4.74 Å². The predicted molar refractivity (Wildman–Crippen MR) is 84.1 cm³/mol. The minimum atomic E-state index is 0.662. The SMILES string of the molecule is CCOc1c(Br)cc(CNCC=C(C)C)cc1Br. The number of allylic oxidation sites excluding steroid dienone is 1. The van der Waals surface area contributed by atoms with Gasteiger partial charge in [0.25, 0.3) is 0 Å². The minimum absolute atomic E-state index is 0.662. The van der Waals surface area contributed by atoms with E-state index in [2.05, 4.69) is 69.2 Å². The fourth-order valence-electron chi connectivity index (χ4n) is 1.49. The van der Waals surface area contributed by atoms with E-state index in [0.717, 1.165) is 27.8 Å². The van der Waals surface area contributed by atoms with E-state index < -0.39 is 0 Å². The molecule has 0 amide bonds. The molecule has 0 spiro atoms. The van der Waals surface area contributed by atoms with Crippen LogP contribution in [0.2, 0.25) is 0 Å². The van der Waals surface area contributed by atoms with E-state index in [1.807, 2.05) is 6.92 Å². The van der Waals surface area contributed by atoms with Crippen LogP contribution in [-0.2, 0) is 6.54 Å². The van der Waals surface area contributed by atoms with Crippen LogP contribution in [0.1, 0.15) is 26.3 Å². The fraction of sp³-hybridized carbons (Fsp3) is 0.429. The summed E-state index contributed by atoms with van der Waals surface area (Å²) in [5.74, 6) is 0.866. The number of nitrogens with one attached hydrogen (secondary N) is 1. The molecule has 0 aromatic heterocycles. The van der Waals surface area contributed by atoms with E-state index >= 15 is 0 Å². The average Bonchev–Trinajstić information content (AvgIpc) is 2.29. The van der Waals surface area contributed by atoms with Gasteiger partial charge in [0.05, 0.1) is 15.6 Å². The summed E-state index contributed by atoms with van der Waals surface area (Å²) in [7, 11) is 0. The smallest absolute Gasteiger partial charge is 0.147 e. The summed E-state index contributed by atoms with van der Waals surface area (Å²) in [5, 5.41) is 3.38. The van der Waals surface area contributed by atoms with Crippen molar-refractivity contribution in [2.75, 3.05) is 13.2 Å². The Kier molecular flexibility index (Phi) is 6.97. The lowest BCUT2D eigenvalue weighted by Gasteiger charge is -2.11. The van der Waals surface area contributed by atoms with Gasteiger partial charge in [-0.05, 0) is 70.3 Å². The summed E-state index contributed by atoms with van der Waals surface area (Å²) in [6.45, 7) is 8.58. The number of halogens is 2. The molecule has 0 bridgehead atoms. The number of benzene rings is 1. The highest BCUT2D eigenvalue weighted by Gasteiger charge is 2.08. The van der Waals surface area contributed by atoms with Gasteiger partial charge in [-0.1, -0.05) is 11.6 Å². The first-order valence-corrected chi connectivity index (χ1v) is 7.58. The molecule has 1 aromatic rings. The summed E-state index contributed by atoms with van der Waals surface area (Å²) in [4.78, 5) is 0. The molecule has 0 atom stereocenters. The molecule has 0 heterocycles. The van der Waals surface area contributed by atoms with Crippen molar-refractivity contribution in [2.45, 2.75) is 27.3 Å². The molecule has 100 valence electrons. The van der Waals surface area contributed by atoms with Gasteiger partial charge >= 0.3 is 0 Å². The zero-order valence-corrected chi connectivity index (χ0v) is 14.2. The molecule has 1 rings (SSSR count). The zero-order chi connectivity index (χ0) is 13.5. The minimum Gasteiger partial charge on any atom is -0.492 e. The van der Waals surface area contributed by atoms with Crippen LogP contribution in [0.25, 0.3) is 0 Å². The Morgan fingerprint density at radius 1 is 1.28 bits per heavy atom. The third kappa shape index (κ3) is 5.12. The second-order valence-corrected chi connectivity index (χ2v) is 5.94. The van der Waals surface area contributed by atoms with Gasteiger partial charge in [0.1, 0.15) is 5.75 Å². The molecule has 4 heteroatoms. The molecule has 18 heavy (non-hydrogen) atoms. The van der Waals surface area contributed by atoms with Crippen LogP contribution < -0.4 is 10.1 Å². The van der Waals surface area contributed by atoms with E-state index in [9.17, 15) is 0 Å². The lowest BCUT2D eigenvalue weighted by molar-refractivity contribution is 0.336. The van der Waals surface area contributed by atoms with Gasteiger partial charge in [-0.25, -0.2) is 0 Å². The summed E-state index contributed by atoms with van der Waals surface area (Å²) >= 11 is 7.07. The first-order valence-electron chi connectivity index (χ1n) is 5.99. The average molecular weight is 377 g/mol. The monoisotopic (exact) mass is 375 g/mol. The highest BCUT2D eigenvalue weighted by molar-refractivity contribution is 9.11. The summed E-state index contributed by atoms with van der Waals surface area (Å²) in [6, 6.07) is 4.18. The van der Waals surface area contributed by atoms with Crippen molar-refractivity contribution < 1.29 is 4.74 Å². The van der Waals surface area contributed by atoms with Crippen LogP contribution in [0.15, 0.2) is 32.7 Å². The maximum absolute atomic E-state index is 5.56. The lowest BCUT2D eigenvalue weighted by Crippen LogP contribution is -2.13. The van der Waals surface area contributed by atoms with Crippen molar-refractivity contribution in [3.8, 4) is 5.75 Å². The zero-order valence-electron chi connectivity index (χ0n) is 11.0. The summed E-state index contributed by atoms with van der Waals surface area (Å²) in [6.07, 6.45) is 2.18. The van der Waals surface area contributed by atoms with Crippen molar-refractivity contribution in [1.29, 1.82) is 0 Å². The first-order chi connectivity index (χ1) is 8.54. The van der Waals surface area contributed by atoms with Gasteiger partial charge in [-0.3, -0.25) is 0 Å². The molecule has 2 nitrogen and oxygen atoms in total. The maximum atomic E-state index is 5.56. The third-order valence-corrected chi connectivity index (χ3v) is 3.51. The maximum Gasteiger partial charge on any atom is 0.147 e. The van der Waals surface area contributed by atoms with Gasteiger partial charge in [0.15, 0.2) is 0 Å². The number of ether oxygens (including phenoxy) is 1. The van der Waals surface area contributed by atoms with Crippen molar-refractivity contribution in [1.82, 2.24) is 5.32 Å². The Morgan fingerprint density at radius 2 is 1.89 bits per heavy atom. The predicted octanol–water partition coefficient (Wildman–Crippen LogP) is 4.67. The number of hydrogen-bond acceptors (Lipinski definition) is 2. The van der Waals surface area contributed by atoms with Gasteiger partial charge in [-0.15, -0.1) is 0 Å². The second kappa shape index (κ2) is 7.97. The Morgan fingerprint density at radius 3 is 2.39 bits per heavy atom. The highest BCUT2D eigenvalue weighted by atomic mass is 79.9. The molecule has 0 aliphatic carbocycles. The van der Waals surface area contributed by atoms with Crippen LogP contribution in [0.5, 0.6) is 5.75 Å². The molecule has 1 N–H and O–H groups in total. The Labute approximate surface area is 126 Å². The third-order valence-electron chi connectivity index (χ3n) is 2.33. The van der Waals surface area contributed by atoms with Crippen LogP contribution in [0.3, 0.4) is 0 Å². The Hall–Kier alpha value is -0.320. The van der Waals surface area contributed by atoms with Gasteiger partial charge in [-0.2, -0.15) is 0 Å². The van der Waals surface area contributed by atoms with E-state index in [-0.39, 0.29) is 0 Å². The summed E-state index contributed by atoms with van der Waals surface area (Å²) < 4.78 is 7.52. The van der Waals surface area contributed by atoms with Crippen LogP contribution >= 0.6 is 31.9 Å². The molecular weight excluding hydrogens is 358 g/mol. The standard InChI is InChI=1S/C14H19Br2NO/c1-4-18-14-12(15)7-11(8-13(14)16)9-17-6-5-10(2)3/h5,7-8,17H,4,6,9H2,1-3H3. The number of hydrogen-bond donors (Lipinski definition) is 1.